The van der Waals surface area contributed by atoms with Crippen molar-refractivity contribution in [3.63, 3.8) is 0 Å². The zero-order chi connectivity index (χ0) is 21.4. The molecule has 0 unspecified atom stereocenters. The highest BCUT2D eigenvalue weighted by molar-refractivity contribution is 7.80. The molecule has 2 heterocycles. The number of likely N-dealkylation sites (N-methyl/N-ethyl adjacent to an activating group) is 2. The summed E-state index contributed by atoms with van der Waals surface area (Å²) in [6.45, 7) is 4.50. The van der Waals surface area contributed by atoms with E-state index in [9.17, 15) is 9.59 Å². The van der Waals surface area contributed by atoms with E-state index in [1.54, 1.807) is 30.6 Å². The molecule has 8 heteroatoms. The van der Waals surface area contributed by atoms with Crippen LogP contribution in [0, 0.1) is 0 Å². The highest BCUT2D eigenvalue weighted by Gasteiger charge is 2.37. The van der Waals surface area contributed by atoms with E-state index >= 15 is 0 Å². The van der Waals surface area contributed by atoms with Crippen molar-refractivity contribution in [2.75, 3.05) is 32.1 Å². The second kappa shape index (κ2) is 10.4. The SMILES string of the molecule is CCN1C(=O)C(=C/C=C/C=C/C=C/c2cnc(N(C)C)cn2)C(=O)N(CC)C1=S. The van der Waals surface area contributed by atoms with Gasteiger partial charge in [-0.1, -0.05) is 30.4 Å². The maximum atomic E-state index is 12.5. The van der Waals surface area contributed by atoms with Crippen LogP contribution in [-0.4, -0.2) is 63.9 Å². The third-order valence-electron chi connectivity index (χ3n) is 4.14. The van der Waals surface area contributed by atoms with Gasteiger partial charge in [0.05, 0.1) is 18.1 Å². The first kappa shape index (κ1) is 22.2. The second-order valence-electron chi connectivity index (χ2n) is 6.28. The number of hydrogen-bond donors (Lipinski definition) is 0. The van der Waals surface area contributed by atoms with Gasteiger partial charge in [0.1, 0.15) is 11.4 Å². The summed E-state index contributed by atoms with van der Waals surface area (Å²) >= 11 is 5.23. The minimum Gasteiger partial charge on any atom is -0.361 e. The van der Waals surface area contributed by atoms with E-state index in [2.05, 4.69) is 9.97 Å². The largest absolute Gasteiger partial charge is 0.361 e. The Bertz CT molecular complexity index is 857. The second-order valence-corrected chi connectivity index (χ2v) is 6.65. The Hall–Kier alpha value is -3.13. The summed E-state index contributed by atoms with van der Waals surface area (Å²) in [7, 11) is 3.82. The molecule has 1 aromatic heterocycles. The molecule has 2 amide bonds. The number of hydrogen-bond acceptors (Lipinski definition) is 6. The Morgan fingerprint density at radius 2 is 1.52 bits per heavy atom. The molecule has 1 fully saturated rings. The van der Waals surface area contributed by atoms with Gasteiger partial charge in [-0.2, -0.15) is 0 Å². The summed E-state index contributed by atoms with van der Waals surface area (Å²) in [5.41, 5.74) is 0.860. The topological polar surface area (TPSA) is 69.6 Å². The lowest BCUT2D eigenvalue weighted by Crippen LogP contribution is -2.55. The number of carbonyl (C=O) groups excluding carboxylic acids is 2. The lowest BCUT2D eigenvalue weighted by Gasteiger charge is -2.35. The summed E-state index contributed by atoms with van der Waals surface area (Å²) in [6, 6.07) is 0. The first-order valence-electron chi connectivity index (χ1n) is 9.29. The fourth-order valence-electron chi connectivity index (χ4n) is 2.55. The van der Waals surface area contributed by atoms with E-state index in [4.69, 9.17) is 12.2 Å². The number of rotatable bonds is 7. The number of carbonyl (C=O) groups is 2. The van der Waals surface area contributed by atoms with Gasteiger partial charge < -0.3 is 4.90 Å². The van der Waals surface area contributed by atoms with Gasteiger partial charge in [0.25, 0.3) is 11.8 Å². The van der Waals surface area contributed by atoms with Crippen molar-refractivity contribution in [1.82, 2.24) is 19.8 Å². The number of aromatic nitrogens is 2. The highest BCUT2D eigenvalue weighted by atomic mass is 32.1. The summed E-state index contributed by atoms with van der Waals surface area (Å²) in [5, 5.41) is 0.262. The molecule has 1 saturated heterocycles. The van der Waals surface area contributed by atoms with E-state index in [1.807, 2.05) is 51.1 Å². The van der Waals surface area contributed by atoms with Crippen LogP contribution in [0.4, 0.5) is 5.82 Å². The van der Waals surface area contributed by atoms with Gasteiger partial charge in [0, 0.05) is 27.2 Å². The molecule has 7 nitrogen and oxygen atoms in total. The van der Waals surface area contributed by atoms with Crippen molar-refractivity contribution in [2.45, 2.75) is 13.8 Å². The molecular weight excluding hydrogens is 386 g/mol. The van der Waals surface area contributed by atoms with Crippen LogP contribution in [0.2, 0.25) is 0 Å². The van der Waals surface area contributed by atoms with E-state index in [1.165, 1.54) is 15.9 Å². The van der Waals surface area contributed by atoms with E-state index < -0.39 is 0 Å². The highest BCUT2D eigenvalue weighted by Crippen LogP contribution is 2.17. The van der Waals surface area contributed by atoms with Crippen LogP contribution in [0.5, 0.6) is 0 Å². The fourth-order valence-corrected chi connectivity index (χ4v) is 2.97. The van der Waals surface area contributed by atoms with Crippen LogP contribution in [0.15, 0.2) is 54.4 Å². The summed E-state index contributed by atoms with van der Waals surface area (Å²) in [5.74, 6) is 0.0745. The van der Waals surface area contributed by atoms with Crippen molar-refractivity contribution < 1.29 is 9.59 Å². The molecule has 29 heavy (non-hydrogen) atoms. The van der Waals surface area contributed by atoms with Gasteiger partial charge in [-0.15, -0.1) is 0 Å². The number of nitrogens with zero attached hydrogens (tertiary/aromatic N) is 5. The molecule has 0 aliphatic carbocycles. The Labute approximate surface area is 176 Å². The molecular formula is C21H25N5O2S. The molecule has 1 aliphatic heterocycles. The predicted molar refractivity (Wildman–Crippen MR) is 119 cm³/mol. The molecule has 0 atom stereocenters. The molecule has 152 valence electrons. The minimum absolute atomic E-state index is 0.110. The van der Waals surface area contributed by atoms with Crippen molar-refractivity contribution in [1.29, 1.82) is 0 Å². The average Bonchev–Trinajstić information content (AvgIpc) is 2.70. The van der Waals surface area contributed by atoms with Crippen molar-refractivity contribution in [2.24, 2.45) is 0 Å². The third-order valence-corrected chi connectivity index (χ3v) is 4.58. The molecule has 2 rings (SSSR count). The van der Waals surface area contributed by atoms with Crippen LogP contribution in [-0.2, 0) is 9.59 Å². The lowest BCUT2D eigenvalue weighted by molar-refractivity contribution is -0.133. The molecule has 0 saturated carbocycles. The zero-order valence-corrected chi connectivity index (χ0v) is 17.9. The summed E-state index contributed by atoms with van der Waals surface area (Å²) in [6.07, 6.45) is 15.6. The Morgan fingerprint density at radius 3 is 2.03 bits per heavy atom. The Morgan fingerprint density at radius 1 is 0.931 bits per heavy atom. The number of allylic oxidation sites excluding steroid dienone is 6. The maximum Gasteiger partial charge on any atom is 0.265 e. The smallest absolute Gasteiger partial charge is 0.265 e. The lowest BCUT2D eigenvalue weighted by atomic mass is 10.1. The Kier molecular flexibility index (Phi) is 7.97. The van der Waals surface area contributed by atoms with E-state index in [0.29, 0.717) is 13.1 Å². The number of amides is 2. The molecule has 0 spiro atoms. The monoisotopic (exact) mass is 411 g/mol. The average molecular weight is 412 g/mol. The van der Waals surface area contributed by atoms with Crippen LogP contribution >= 0.6 is 12.2 Å². The van der Waals surface area contributed by atoms with Crippen molar-refractivity contribution >= 4 is 41.0 Å². The first-order chi connectivity index (χ1) is 13.9. The van der Waals surface area contributed by atoms with E-state index in [0.717, 1.165) is 11.5 Å². The standard InChI is InChI=1S/C21H25N5O2S/c1-5-25-19(27)17(20(28)26(6-2)21(25)29)13-11-9-7-8-10-12-16-14-23-18(15-22-16)24(3)4/h7-15H,5-6H2,1-4H3/b8-7+,11-9+,12-10+. The number of thiocarbonyl (C=S) groups is 1. The van der Waals surface area contributed by atoms with Gasteiger partial charge in [-0.25, -0.2) is 4.98 Å². The zero-order valence-electron chi connectivity index (χ0n) is 17.1. The quantitative estimate of drug-likeness (QED) is 0.297. The molecule has 1 aliphatic rings. The van der Waals surface area contributed by atoms with Crippen molar-refractivity contribution in [3.05, 3.63) is 60.1 Å². The molecule has 0 bridgehead atoms. The van der Waals surface area contributed by atoms with Crippen LogP contribution in [0.1, 0.15) is 19.5 Å². The molecule has 0 aromatic carbocycles. The molecule has 0 N–H and O–H groups in total. The predicted octanol–water partition coefficient (Wildman–Crippen LogP) is 2.59. The Balaban J connectivity index is 2.01. The maximum absolute atomic E-state index is 12.5. The van der Waals surface area contributed by atoms with E-state index in [-0.39, 0.29) is 22.5 Å². The van der Waals surface area contributed by atoms with Gasteiger partial charge in [-0.05, 0) is 38.2 Å². The van der Waals surface area contributed by atoms with Crippen molar-refractivity contribution in [3.8, 4) is 0 Å². The van der Waals surface area contributed by atoms with Crippen LogP contribution < -0.4 is 4.90 Å². The molecule has 0 radical (unpaired) electrons. The van der Waals surface area contributed by atoms with Crippen LogP contribution in [0.25, 0.3) is 6.08 Å². The normalized spacial score (nSPS) is 15.4. The summed E-state index contributed by atoms with van der Waals surface area (Å²) in [4.78, 5) is 38.3. The number of anilines is 1. The van der Waals surface area contributed by atoms with Gasteiger partial charge in [-0.3, -0.25) is 24.4 Å². The van der Waals surface area contributed by atoms with Gasteiger partial charge in [0.2, 0.25) is 0 Å². The molecule has 1 aromatic rings. The van der Waals surface area contributed by atoms with Crippen LogP contribution in [0.3, 0.4) is 0 Å². The summed E-state index contributed by atoms with van der Waals surface area (Å²) < 4.78 is 0. The van der Waals surface area contributed by atoms with Gasteiger partial charge >= 0.3 is 0 Å². The van der Waals surface area contributed by atoms with Gasteiger partial charge in [0.15, 0.2) is 5.11 Å². The minimum atomic E-state index is -0.361. The third kappa shape index (κ3) is 5.45. The fraction of sp³-hybridized carbons (Fsp3) is 0.286. The first-order valence-corrected chi connectivity index (χ1v) is 9.70.